The van der Waals surface area contributed by atoms with Gasteiger partial charge < -0.3 is 5.32 Å². The highest BCUT2D eigenvalue weighted by atomic mass is 79.9. The Labute approximate surface area is 135 Å². The first-order valence-corrected chi connectivity index (χ1v) is 8.93. The van der Waals surface area contributed by atoms with Crippen molar-refractivity contribution in [1.82, 2.24) is 0 Å². The van der Waals surface area contributed by atoms with Crippen molar-refractivity contribution in [1.29, 1.82) is 5.26 Å². The lowest BCUT2D eigenvalue weighted by atomic mass is 10.0. The molecule has 2 heterocycles. The number of nitrogens with one attached hydrogen (secondary N) is 1. The van der Waals surface area contributed by atoms with Crippen LogP contribution in [0.25, 0.3) is 0 Å². The largest absolute Gasteiger partial charge is 0.377 e. The zero-order chi connectivity index (χ0) is 14.1. The first-order chi connectivity index (χ1) is 9.67. The molecule has 0 bridgehead atoms. The summed E-state index contributed by atoms with van der Waals surface area (Å²) in [7, 11) is 0. The minimum atomic E-state index is 0.292. The molecule has 0 amide bonds. The maximum absolute atomic E-state index is 9.27. The molecule has 20 heavy (non-hydrogen) atoms. The molecule has 0 fully saturated rings. The van der Waals surface area contributed by atoms with Crippen molar-refractivity contribution < 1.29 is 0 Å². The number of thioether (sulfide) groups is 1. The van der Waals surface area contributed by atoms with E-state index in [0.717, 1.165) is 16.6 Å². The smallest absolute Gasteiger partial charge is 0.101 e. The van der Waals surface area contributed by atoms with Crippen LogP contribution in [0, 0.1) is 11.3 Å². The fourth-order valence-corrected chi connectivity index (χ4v) is 5.34. The maximum Gasteiger partial charge on any atom is 0.101 e. The molecular formula is C15H13BrN2S2. The Hall–Kier alpha value is -0.960. The van der Waals surface area contributed by atoms with Gasteiger partial charge in [0, 0.05) is 9.72 Å². The normalized spacial score (nSPS) is 21.1. The van der Waals surface area contributed by atoms with E-state index < -0.39 is 0 Å². The van der Waals surface area contributed by atoms with E-state index in [1.165, 1.54) is 9.77 Å². The van der Waals surface area contributed by atoms with Gasteiger partial charge in [-0.15, -0.1) is 23.1 Å². The predicted molar refractivity (Wildman–Crippen MR) is 89.5 cm³/mol. The Balaban J connectivity index is 1.91. The summed E-state index contributed by atoms with van der Waals surface area (Å²) in [5.41, 5.74) is 2.96. The van der Waals surface area contributed by atoms with E-state index in [1.54, 1.807) is 11.3 Å². The molecule has 1 N–H and O–H groups in total. The van der Waals surface area contributed by atoms with Crippen molar-refractivity contribution in [3.8, 4) is 6.07 Å². The van der Waals surface area contributed by atoms with Crippen LogP contribution < -0.4 is 5.32 Å². The third kappa shape index (κ3) is 2.73. The van der Waals surface area contributed by atoms with Crippen LogP contribution in [-0.2, 0) is 0 Å². The van der Waals surface area contributed by atoms with Gasteiger partial charge in [-0.05, 0) is 41.6 Å². The summed E-state index contributed by atoms with van der Waals surface area (Å²) in [5, 5.41) is 15.6. The molecule has 0 aliphatic carbocycles. The number of hydrogen-bond acceptors (Lipinski definition) is 4. The Kier molecular flexibility index (Phi) is 4.06. The average Bonchev–Trinajstić information content (AvgIpc) is 2.88. The molecule has 102 valence electrons. The van der Waals surface area contributed by atoms with Crippen LogP contribution >= 0.6 is 39.0 Å². The summed E-state index contributed by atoms with van der Waals surface area (Å²) in [4.78, 5) is 0. The van der Waals surface area contributed by atoms with Crippen LogP contribution in [0.3, 0.4) is 0 Å². The van der Waals surface area contributed by atoms with Gasteiger partial charge in [-0.25, -0.2) is 0 Å². The number of hydrogen-bond donors (Lipinski definition) is 1. The second-order valence-corrected chi connectivity index (χ2v) is 8.37. The van der Waals surface area contributed by atoms with Crippen LogP contribution in [0.15, 0.2) is 38.3 Å². The van der Waals surface area contributed by atoms with Crippen LogP contribution in [0.2, 0.25) is 0 Å². The van der Waals surface area contributed by atoms with E-state index in [9.17, 15) is 5.26 Å². The molecule has 0 saturated carbocycles. The van der Waals surface area contributed by atoms with Crippen molar-refractivity contribution in [2.24, 2.45) is 0 Å². The molecule has 1 aliphatic heterocycles. The monoisotopic (exact) mass is 364 g/mol. The SMILES string of the molecule is C[C@H]1CC(Nc2ccc(Br)cc2C#N)c2ccsc2S1. The van der Waals surface area contributed by atoms with Gasteiger partial charge in [-0.2, -0.15) is 5.26 Å². The Morgan fingerprint density at radius 3 is 3.05 bits per heavy atom. The number of anilines is 1. The second-order valence-electron chi connectivity index (χ2n) is 4.83. The maximum atomic E-state index is 9.27. The summed E-state index contributed by atoms with van der Waals surface area (Å²) in [5.74, 6) is 0. The lowest BCUT2D eigenvalue weighted by Crippen LogP contribution is -2.19. The minimum absolute atomic E-state index is 0.292. The van der Waals surface area contributed by atoms with E-state index in [4.69, 9.17) is 0 Å². The number of nitrogens with zero attached hydrogens (tertiary/aromatic N) is 1. The number of benzene rings is 1. The molecule has 0 radical (unpaired) electrons. The van der Waals surface area contributed by atoms with E-state index >= 15 is 0 Å². The number of fused-ring (bicyclic) bond motifs is 1. The number of rotatable bonds is 2. The standard InChI is InChI=1S/C15H13BrN2S2/c1-9-6-14(12-4-5-19-15(12)20-9)18-13-3-2-11(16)7-10(13)8-17/h2-5,7,9,14,18H,6H2,1H3/t9-,14?/m0/s1. The van der Waals surface area contributed by atoms with Gasteiger partial charge in [0.1, 0.15) is 6.07 Å². The van der Waals surface area contributed by atoms with E-state index in [2.05, 4.69) is 45.7 Å². The summed E-state index contributed by atoms with van der Waals surface area (Å²) >= 11 is 7.17. The predicted octanol–water partition coefficient (Wildman–Crippen LogP) is 5.42. The zero-order valence-electron chi connectivity index (χ0n) is 10.9. The fourth-order valence-electron chi connectivity index (χ4n) is 2.41. The molecule has 0 saturated heterocycles. The van der Waals surface area contributed by atoms with Gasteiger partial charge in [-0.1, -0.05) is 22.9 Å². The van der Waals surface area contributed by atoms with Crippen molar-refractivity contribution in [2.45, 2.75) is 28.8 Å². The molecule has 1 aromatic heterocycles. The first kappa shape index (κ1) is 14.0. The van der Waals surface area contributed by atoms with Gasteiger partial charge >= 0.3 is 0 Å². The van der Waals surface area contributed by atoms with Crippen LogP contribution in [0.4, 0.5) is 5.69 Å². The van der Waals surface area contributed by atoms with Crippen LogP contribution in [0.1, 0.15) is 30.5 Å². The van der Waals surface area contributed by atoms with E-state index in [1.807, 2.05) is 30.0 Å². The van der Waals surface area contributed by atoms with Crippen molar-refractivity contribution >= 4 is 44.7 Å². The number of thiophene rings is 1. The number of nitriles is 1. The summed E-state index contributed by atoms with van der Waals surface area (Å²) in [6.07, 6.45) is 1.08. The van der Waals surface area contributed by atoms with E-state index in [0.29, 0.717) is 16.9 Å². The van der Waals surface area contributed by atoms with Crippen molar-refractivity contribution in [2.75, 3.05) is 5.32 Å². The molecule has 2 atom stereocenters. The molecule has 2 aromatic rings. The van der Waals surface area contributed by atoms with Gasteiger partial charge in [-0.3, -0.25) is 0 Å². The Morgan fingerprint density at radius 1 is 1.40 bits per heavy atom. The average molecular weight is 365 g/mol. The van der Waals surface area contributed by atoms with Gasteiger partial charge in [0.05, 0.1) is 21.5 Å². The highest BCUT2D eigenvalue weighted by molar-refractivity contribution is 9.10. The third-order valence-corrected chi connectivity index (χ3v) is 6.18. The fraction of sp³-hybridized carbons (Fsp3) is 0.267. The molecule has 0 spiro atoms. The van der Waals surface area contributed by atoms with Gasteiger partial charge in [0.15, 0.2) is 0 Å². The summed E-state index contributed by atoms with van der Waals surface area (Å²) < 4.78 is 2.33. The summed E-state index contributed by atoms with van der Waals surface area (Å²) in [6.45, 7) is 2.26. The third-order valence-electron chi connectivity index (χ3n) is 3.34. The van der Waals surface area contributed by atoms with E-state index in [-0.39, 0.29) is 0 Å². The van der Waals surface area contributed by atoms with Crippen molar-refractivity contribution in [3.63, 3.8) is 0 Å². The molecule has 1 aromatic carbocycles. The molecule has 5 heteroatoms. The quantitative estimate of drug-likeness (QED) is 0.772. The molecule has 2 nitrogen and oxygen atoms in total. The molecule has 1 unspecified atom stereocenters. The molecule has 3 rings (SSSR count). The lowest BCUT2D eigenvalue weighted by molar-refractivity contribution is 0.669. The van der Waals surface area contributed by atoms with Crippen LogP contribution in [-0.4, -0.2) is 5.25 Å². The number of halogens is 1. The van der Waals surface area contributed by atoms with Gasteiger partial charge in [0.2, 0.25) is 0 Å². The summed E-state index contributed by atoms with van der Waals surface area (Å²) in [6, 6.07) is 10.6. The van der Waals surface area contributed by atoms with Crippen molar-refractivity contribution in [3.05, 3.63) is 45.2 Å². The molecular weight excluding hydrogens is 352 g/mol. The lowest BCUT2D eigenvalue weighted by Gasteiger charge is -2.28. The zero-order valence-corrected chi connectivity index (χ0v) is 14.1. The Morgan fingerprint density at radius 2 is 2.25 bits per heavy atom. The van der Waals surface area contributed by atoms with Gasteiger partial charge in [0.25, 0.3) is 0 Å². The highest BCUT2D eigenvalue weighted by Gasteiger charge is 2.26. The molecule has 1 aliphatic rings. The Bertz CT molecular complexity index is 675. The second kappa shape index (κ2) is 5.80. The van der Waals surface area contributed by atoms with Crippen LogP contribution in [0.5, 0.6) is 0 Å². The highest BCUT2D eigenvalue weighted by Crippen LogP contribution is 2.45. The topological polar surface area (TPSA) is 35.8 Å². The first-order valence-electron chi connectivity index (χ1n) is 6.37. The minimum Gasteiger partial charge on any atom is -0.377 e.